The van der Waals surface area contributed by atoms with Gasteiger partial charge in [-0.1, -0.05) is 23.8 Å². The second-order valence-electron chi connectivity index (χ2n) is 3.88. The molecule has 0 spiro atoms. The normalized spacial score (nSPS) is 7.91. The zero-order valence-corrected chi connectivity index (χ0v) is 13.2. The van der Waals surface area contributed by atoms with Crippen molar-refractivity contribution in [2.24, 2.45) is 5.73 Å². The lowest BCUT2D eigenvalue weighted by atomic mass is 10.2. The highest BCUT2D eigenvalue weighted by Gasteiger charge is 1.98. The highest BCUT2D eigenvalue weighted by Crippen LogP contribution is 2.01. The maximum atomic E-state index is 10.3. The number of rotatable bonds is 1. The number of anilines is 1. The fraction of sp³-hybridized carbons (Fsp3) is 0.176. The van der Waals surface area contributed by atoms with Gasteiger partial charge in [0.1, 0.15) is 5.82 Å². The molecule has 0 aliphatic carbocycles. The summed E-state index contributed by atoms with van der Waals surface area (Å²) in [6.07, 6.45) is 8.00. The predicted molar refractivity (Wildman–Crippen MR) is 91.5 cm³/mol. The molecule has 0 radical (unpaired) electrons. The molecule has 0 amide bonds. The maximum absolute atomic E-state index is 10.3. The Morgan fingerprint density at radius 2 is 1.55 bits per heavy atom. The zero-order chi connectivity index (χ0) is 17.5. The lowest BCUT2D eigenvalue weighted by Gasteiger charge is -1.92. The molecular formula is C17H23N3O2. The van der Waals surface area contributed by atoms with Crippen LogP contribution in [-0.4, -0.2) is 23.1 Å². The van der Waals surface area contributed by atoms with Gasteiger partial charge in [-0.15, -0.1) is 12.8 Å². The van der Waals surface area contributed by atoms with Crippen LogP contribution < -0.4 is 11.5 Å². The fourth-order valence-electron chi connectivity index (χ4n) is 1.26. The van der Waals surface area contributed by atoms with Gasteiger partial charge < -0.3 is 16.6 Å². The third-order valence-electron chi connectivity index (χ3n) is 2.21. The Labute approximate surface area is 132 Å². The summed E-state index contributed by atoms with van der Waals surface area (Å²) in [7, 11) is 1.50. The van der Waals surface area contributed by atoms with E-state index in [0.717, 1.165) is 11.3 Å². The Bertz CT molecular complexity index is 546. The molecule has 5 nitrogen and oxygen atoms in total. The number of nitrogen functional groups attached to an aromatic ring is 1. The van der Waals surface area contributed by atoms with Gasteiger partial charge in [0.05, 0.1) is 5.56 Å². The first-order valence-electron chi connectivity index (χ1n) is 6.39. The van der Waals surface area contributed by atoms with Crippen molar-refractivity contribution in [3.63, 3.8) is 0 Å². The van der Waals surface area contributed by atoms with Gasteiger partial charge in [0, 0.05) is 5.69 Å². The van der Waals surface area contributed by atoms with Gasteiger partial charge in [-0.25, -0.2) is 9.78 Å². The van der Waals surface area contributed by atoms with E-state index >= 15 is 0 Å². The summed E-state index contributed by atoms with van der Waals surface area (Å²) in [6, 6.07) is 12.3. The highest BCUT2D eigenvalue weighted by molar-refractivity contribution is 5.87. The van der Waals surface area contributed by atoms with E-state index in [4.69, 9.17) is 10.8 Å². The van der Waals surface area contributed by atoms with E-state index in [1.54, 1.807) is 30.3 Å². The van der Waals surface area contributed by atoms with Gasteiger partial charge in [-0.2, -0.15) is 0 Å². The molecule has 5 heteroatoms. The summed E-state index contributed by atoms with van der Waals surface area (Å²) in [5.74, 6) is -0.287. The van der Waals surface area contributed by atoms with Crippen molar-refractivity contribution in [3.8, 4) is 12.8 Å². The number of aryl methyl sites for hydroxylation is 2. The quantitative estimate of drug-likeness (QED) is 0.702. The third-order valence-corrected chi connectivity index (χ3v) is 2.21. The SMILES string of the molecule is C#C.CN.Cc1ccc(C(=O)O)cc1.Cc1cccc(N)n1. The summed E-state index contributed by atoms with van der Waals surface area (Å²) in [6.45, 7) is 3.84. The monoisotopic (exact) mass is 301 g/mol. The van der Waals surface area contributed by atoms with Crippen LogP contribution in [0, 0.1) is 26.7 Å². The first kappa shape index (κ1) is 21.5. The van der Waals surface area contributed by atoms with E-state index in [0.29, 0.717) is 11.4 Å². The molecule has 22 heavy (non-hydrogen) atoms. The van der Waals surface area contributed by atoms with Crippen LogP contribution in [0.4, 0.5) is 5.82 Å². The van der Waals surface area contributed by atoms with Crippen LogP contribution in [-0.2, 0) is 0 Å². The smallest absolute Gasteiger partial charge is 0.335 e. The van der Waals surface area contributed by atoms with E-state index in [9.17, 15) is 4.79 Å². The first-order valence-corrected chi connectivity index (χ1v) is 6.39. The molecule has 0 atom stereocenters. The average molecular weight is 301 g/mol. The summed E-state index contributed by atoms with van der Waals surface area (Å²) in [5.41, 5.74) is 12.2. The largest absolute Gasteiger partial charge is 0.478 e. The van der Waals surface area contributed by atoms with Crippen molar-refractivity contribution in [2.75, 3.05) is 12.8 Å². The number of aromatic nitrogens is 1. The minimum absolute atomic E-state index is 0.339. The molecule has 2 aromatic rings. The Morgan fingerprint density at radius 1 is 1.05 bits per heavy atom. The summed E-state index contributed by atoms with van der Waals surface area (Å²) >= 11 is 0. The second kappa shape index (κ2) is 13.2. The molecule has 0 saturated heterocycles. The molecule has 1 aromatic carbocycles. The third kappa shape index (κ3) is 10.0. The highest BCUT2D eigenvalue weighted by atomic mass is 16.4. The summed E-state index contributed by atoms with van der Waals surface area (Å²) in [5, 5.41) is 8.48. The Balaban J connectivity index is 0. The van der Waals surface area contributed by atoms with Crippen molar-refractivity contribution in [3.05, 3.63) is 59.3 Å². The number of nitrogens with zero attached hydrogens (tertiary/aromatic N) is 1. The molecule has 1 aromatic heterocycles. The van der Waals surface area contributed by atoms with Crippen molar-refractivity contribution in [2.45, 2.75) is 13.8 Å². The number of nitrogens with two attached hydrogens (primary N) is 2. The van der Waals surface area contributed by atoms with Crippen molar-refractivity contribution >= 4 is 11.8 Å². The van der Waals surface area contributed by atoms with Crippen LogP contribution in [0.3, 0.4) is 0 Å². The van der Waals surface area contributed by atoms with Crippen molar-refractivity contribution in [1.29, 1.82) is 0 Å². The van der Waals surface area contributed by atoms with Crippen molar-refractivity contribution < 1.29 is 9.90 Å². The number of carboxylic acids is 1. The summed E-state index contributed by atoms with van der Waals surface area (Å²) in [4.78, 5) is 14.3. The van der Waals surface area contributed by atoms with E-state index in [2.05, 4.69) is 23.6 Å². The number of hydrogen-bond acceptors (Lipinski definition) is 4. The molecule has 1 heterocycles. The minimum Gasteiger partial charge on any atom is -0.478 e. The van der Waals surface area contributed by atoms with Gasteiger partial charge in [-0.3, -0.25) is 0 Å². The van der Waals surface area contributed by atoms with Crippen LogP contribution in [0.5, 0.6) is 0 Å². The Morgan fingerprint density at radius 3 is 1.86 bits per heavy atom. The predicted octanol–water partition coefficient (Wildman–Crippen LogP) is 2.49. The van der Waals surface area contributed by atoms with Crippen LogP contribution in [0.25, 0.3) is 0 Å². The van der Waals surface area contributed by atoms with Crippen LogP contribution in [0.15, 0.2) is 42.5 Å². The number of carboxylic acid groups (broad SMARTS) is 1. The topological polar surface area (TPSA) is 102 Å². The second-order valence-corrected chi connectivity index (χ2v) is 3.88. The molecule has 0 aliphatic rings. The molecule has 0 fully saturated rings. The number of carbonyl (C=O) groups is 1. The van der Waals surface area contributed by atoms with E-state index in [1.807, 2.05) is 26.0 Å². The molecule has 0 unspecified atom stereocenters. The number of aromatic carboxylic acids is 1. The van der Waals surface area contributed by atoms with Gasteiger partial charge in [0.2, 0.25) is 0 Å². The molecule has 2 rings (SSSR count). The van der Waals surface area contributed by atoms with E-state index in [-0.39, 0.29) is 0 Å². The number of benzene rings is 1. The van der Waals surface area contributed by atoms with Gasteiger partial charge in [-0.05, 0) is 45.2 Å². The van der Waals surface area contributed by atoms with Crippen molar-refractivity contribution in [1.82, 2.24) is 4.98 Å². The standard InChI is InChI=1S/C8H8O2.C6H8N2.C2H2.CH5N/c1-6-2-4-7(5-3-6)8(9)10;1-5-3-2-4-6(7)8-5;2*1-2/h2-5H,1H3,(H,9,10);2-4H,1H3,(H2,7,8);1-2H;2H2,1H3. The van der Waals surface area contributed by atoms with Gasteiger partial charge in [0.15, 0.2) is 0 Å². The molecular weight excluding hydrogens is 278 g/mol. The number of hydrogen-bond donors (Lipinski definition) is 3. The fourth-order valence-corrected chi connectivity index (χ4v) is 1.26. The first-order chi connectivity index (χ1) is 10.5. The van der Waals surface area contributed by atoms with E-state index in [1.165, 1.54) is 7.05 Å². The minimum atomic E-state index is -0.875. The lowest BCUT2D eigenvalue weighted by molar-refractivity contribution is 0.0697. The Hall–Kier alpha value is -2.84. The molecule has 0 bridgehead atoms. The Kier molecular flexibility index (Phi) is 12.8. The number of pyridine rings is 1. The van der Waals surface area contributed by atoms with E-state index < -0.39 is 5.97 Å². The van der Waals surface area contributed by atoms with Crippen LogP contribution in [0.2, 0.25) is 0 Å². The summed E-state index contributed by atoms with van der Waals surface area (Å²) < 4.78 is 0. The van der Waals surface area contributed by atoms with Crippen LogP contribution >= 0.6 is 0 Å². The average Bonchev–Trinajstić information content (AvgIpc) is 2.52. The lowest BCUT2D eigenvalue weighted by Crippen LogP contribution is -1.94. The molecule has 118 valence electrons. The number of terminal acetylenes is 1. The maximum Gasteiger partial charge on any atom is 0.335 e. The zero-order valence-electron chi connectivity index (χ0n) is 13.2. The van der Waals surface area contributed by atoms with Crippen LogP contribution in [0.1, 0.15) is 21.6 Å². The van der Waals surface area contributed by atoms with Gasteiger partial charge >= 0.3 is 5.97 Å². The molecule has 5 N–H and O–H groups in total. The molecule has 0 saturated carbocycles. The molecule has 0 aliphatic heterocycles. The van der Waals surface area contributed by atoms with Gasteiger partial charge in [0.25, 0.3) is 0 Å².